The van der Waals surface area contributed by atoms with Crippen molar-refractivity contribution in [2.45, 2.75) is 24.3 Å². The summed E-state index contributed by atoms with van der Waals surface area (Å²) in [6, 6.07) is 2.35. The summed E-state index contributed by atoms with van der Waals surface area (Å²) in [5.41, 5.74) is 0.731. The van der Waals surface area contributed by atoms with E-state index < -0.39 is 34.4 Å². The predicted molar refractivity (Wildman–Crippen MR) is 70.2 cm³/mol. The first-order chi connectivity index (χ1) is 9.13. The number of carboxylic acid groups (broad SMARTS) is 2. The summed E-state index contributed by atoms with van der Waals surface area (Å²) in [5.74, 6) is -3.02. The van der Waals surface area contributed by atoms with E-state index in [-0.39, 0.29) is 9.92 Å². The summed E-state index contributed by atoms with van der Waals surface area (Å²) in [6.07, 6.45) is -0.877. The molecule has 0 saturated carbocycles. The molecule has 0 aliphatic rings. The van der Waals surface area contributed by atoms with Gasteiger partial charge in [0.25, 0.3) is 0 Å². The van der Waals surface area contributed by atoms with Crippen molar-refractivity contribution in [3.8, 4) is 0 Å². The quantitative estimate of drug-likeness (QED) is 0.714. The molecule has 110 valence electrons. The number of halogens is 1. The third-order valence-corrected chi connectivity index (χ3v) is 4.31. The predicted octanol–water partition coefficient (Wildman–Crippen LogP) is 0.855. The van der Waals surface area contributed by atoms with Crippen LogP contribution in [0.1, 0.15) is 12.0 Å². The molecule has 20 heavy (non-hydrogen) atoms. The molecule has 1 rings (SSSR count). The molecule has 1 atom stereocenters. The van der Waals surface area contributed by atoms with Gasteiger partial charge in [0, 0.05) is 0 Å². The molecule has 0 aliphatic carbocycles. The zero-order valence-corrected chi connectivity index (χ0v) is 11.9. The molecule has 7 nitrogen and oxygen atoms in total. The van der Waals surface area contributed by atoms with Gasteiger partial charge in [-0.3, -0.25) is 9.59 Å². The number of nitrogens with one attached hydrogen (secondary N) is 1. The van der Waals surface area contributed by atoms with Crippen LogP contribution in [-0.4, -0.2) is 36.6 Å². The molecule has 1 aromatic carbocycles. The highest BCUT2D eigenvalue weighted by atomic mass is 35.5. The Bertz CT molecular complexity index is 642. The highest BCUT2D eigenvalue weighted by molar-refractivity contribution is 7.89. The highest BCUT2D eigenvalue weighted by Crippen LogP contribution is 2.22. The lowest BCUT2D eigenvalue weighted by Crippen LogP contribution is -2.42. The average molecular weight is 322 g/mol. The Morgan fingerprint density at radius 1 is 1.35 bits per heavy atom. The molecule has 0 bridgehead atoms. The number of hydrogen-bond acceptors (Lipinski definition) is 4. The maximum atomic E-state index is 12.0. The molecule has 0 amide bonds. The molecule has 0 radical (unpaired) electrons. The van der Waals surface area contributed by atoms with Gasteiger partial charge in [0.15, 0.2) is 0 Å². The van der Waals surface area contributed by atoms with Gasteiger partial charge < -0.3 is 10.2 Å². The second-order valence-electron chi connectivity index (χ2n) is 4.04. The van der Waals surface area contributed by atoms with Crippen molar-refractivity contribution in [3.63, 3.8) is 0 Å². The van der Waals surface area contributed by atoms with Crippen LogP contribution in [0.15, 0.2) is 23.1 Å². The van der Waals surface area contributed by atoms with Crippen molar-refractivity contribution in [3.05, 3.63) is 28.8 Å². The molecule has 1 unspecified atom stereocenters. The summed E-state index contributed by atoms with van der Waals surface area (Å²) < 4.78 is 25.8. The topological polar surface area (TPSA) is 121 Å². The van der Waals surface area contributed by atoms with E-state index >= 15 is 0 Å². The van der Waals surface area contributed by atoms with E-state index in [9.17, 15) is 18.0 Å². The second kappa shape index (κ2) is 6.21. The molecule has 0 aliphatic heterocycles. The Kier molecular flexibility index (Phi) is 5.09. The average Bonchev–Trinajstić information content (AvgIpc) is 2.26. The Balaban J connectivity index is 3.09. The van der Waals surface area contributed by atoms with Crippen molar-refractivity contribution >= 4 is 33.6 Å². The fraction of sp³-hybridized carbons (Fsp3) is 0.273. The maximum Gasteiger partial charge on any atom is 0.322 e. The number of carbonyl (C=O) groups is 2. The summed E-state index contributed by atoms with van der Waals surface area (Å²) in [7, 11) is -4.22. The first-order valence-electron chi connectivity index (χ1n) is 5.36. The zero-order chi connectivity index (χ0) is 15.5. The van der Waals surface area contributed by atoms with E-state index in [1.807, 2.05) is 4.72 Å². The minimum absolute atomic E-state index is 0.0723. The molecular formula is C11H12ClNO6S. The largest absolute Gasteiger partial charge is 0.481 e. The second-order valence-corrected chi connectivity index (χ2v) is 6.13. The lowest BCUT2D eigenvalue weighted by molar-refractivity contribution is -0.145. The molecule has 0 saturated heterocycles. The van der Waals surface area contributed by atoms with Crippen LogP contribution in [0.3, 0.4) is 0 Å². The van der Waals surface area contributed by atoms with Crippen molar-refractivity contribution < 1.29 is 28.2 Å². The van der Waals surface area contributed by atoms with Gasteiger partial charge >= 0.3 is 11.9 Å². The normalized spacial score (nSPS) is 12.9. The number of aliphatic carboxylic acids is 2. The van der Waals surface area contributed by atoms with Crippen molar-refractivity contribution in [1.82, 2.24) is 4.72 Å². The molecule has 9 heteroatoms. The van der Waals surface area contributed by atoms with E-state index in [0.717, 1.165) is 5.56 Å². The van der Waals surface area contributed by atoms with E-state index in [1.165, 1.54) is 18.2 Å². The number of benzene rings is 1. The van der Waals surface area contributed by atoms with Crippen LogP contribution in [0.2, 0.25) is 5.02 Å². The standard InChI is InChI=1S/C11H12ClNO6S/c1-6-2-3-9(7(12)4-6)20(18,19)13-8(11(16)17)5-10(14)15/h2-4,8,13H,5H2,1H3,(H,14,15)(H,16,17). The summed E-state index contributed by atoms with van der Waals surface area (Å²) >= 11 is 5.80. The first kappa shape index (κ1) is 16.4. The van der Waals surface area contributed by atoms with Crippen LogP contribution in [0.25, 0.3) is 0 Å². The Morgan fingerprint density at radius 3 is 2.40 bits per heavy atom. The van der Waals surface area contributed by atoms with Gasteiger partial charge in [-0.1, -0.05) is 17.7 Å². The minimum Gasteiger partial charge on any atom is -0.481 e. The third-order valence-electron chi connectivity index (χ3n) is 2.35. The van der Waals surface area contributed by atoms with Gasteiger partial charge in [-0.2, -0.15) is 4.72 Å². The number of carboxylic acids is 2. The van der Waals surface area contributed by atoms with E-state index in [4.69, 9.17) is 21.8 Å². The lowest BCUT2D eigenvalue weighted by atomic mass is 10.2. The fourth-order valence-electron chi connectivity index (χ4n) is 1.43. The number of sulfonamides is 1. The number of aryl methyl sites for hydroxylation is 1. The van der Waals surface area contributed by atoms with Crippen LogP contribution in [0.5, 0.6) is 0 Å². The van der Waals surface area contributed by atoms with Crippen molar-refractivity contribution in [2.24, 2.45) is 0 Å². The monoisotopic (exact) mass is 321 g/mol. The maximum absolute atomic E-state index is 12.0. The van der Waals surface area contributed by atoms with Gasteiger partial charge in [-0.15, -0.1) is 0 Å². The highest BCUT2D eigenvalue weighted by Gasteiger charge is 2.28. The van der Waals surface area contributed by atoms with Crippen LogP contribution in [0.4, 0.5) is 0 Å². The Labute approximate surface area is 120 Å². The summed E-state index contributed by atoms with van der Waals surface area (Å²) in [4.78, 5) is 21.1. The molecule has 0 spiro atoms. The molecular weight excluding hydrogens is 310 g/mol. The summed E-state index contributed by atoms with van der Waals surface area (Å²) in [5, 5.41) is 17.3. The third kappa shape index (κ3) is 4.19. The van der Waals surface area contributed by atoms with E-state index in [1.54, 1.807) is 6.92 Å². The van der Waals surface area contributed by atoms with E-state index in [2.05, 4.69) is 0 Å². The van der Waals surface area contributed by atoms with Crippen molar-refractivity contribution in [1.29, 1.82) is 0 Å². The smallest absolute Gasteiger partial charge is 0.322 e. The van der Waals surface area contributed by atoms with Gasteiger partial charge in [-0.25, -0.2) is 8.42 Å². The van der Waals surface area contributed by atoms with Gasteiger partial charge in [-0.05, 0) is 24.6 Å². The molecule has 0 heterocycles. The van der Waals surface area contributed by atoms with Crippen LogP contribution in [-0.2, 0) is 19.6 Å². The zero-order valence-electron chi connectivity index (χ0n) is 10.3. The molecule has 3 N–H and O–H groups in total. The van der Waals surface area contributed by atoms with Crippen LogP contribution >= 0.6 is 11.6 Å². The van der Waals surface area contributed by atoms with Gasteiger partial charge in [0.1, 0.15) is 10.9 Å². The van der Waals surface area contributed by atoms with Crippen LogP contribution in [0, 0.1) is 6.92 Å². The van der Waals surface area contributed by atoms with Gasteiger partial charge in [0.2, 0.25) is 10.0 Å². The Morgan fingerprint density at radius 2 is 1.95 bits per heavy atom. The van der Waals surface area contributed by atoms with Crippen LogP contribution < -0.4 is 4.72 Å². The molecule has 0 aromatic heterocycles. The molecule has 0 fully saturated rings. The Hall–Kier alpha value is -1.64. The summed E-state index contributed by atoms with van der Waals surface area (Å²) in [6.45, 7) is 1.71. The lowest BCUT2D eigenvalue weighted by Gasteiger charge is -2.14. The number of rotatable bonds is 6. The fourth-order valence-corrected chi connectivity index (χ4v) is 3.22. The minimum atomic E-state index is -4.22. The molecule has 1 aromatic rings. The first-order valence-corrected chi connectivity index (χ1v) is 7.22. The van der Waals surface area contributed by atoms with Crippen molar-refractivity contribution in [2.75, 3.05) is 0 Å². The SMILES string of the molecule is Cc1ccc(S(=O)(=O)NC(CC(=O)O)C(=O)O)c(Cl)c1. The van der Waals surface area contributed by atoms with Gasteiger partial charge in [0.05, 0.1) is 11.4 Å². The number of hydrogen-bond donors (Lipinski definition) is 3. The van der Waals surface area contributed by atoms with E-state index in [0.29, 0.717) is 0 Å².